The summed E-state index contributed by atoms with van der Waals surface area (Å²) in [5.41, 5.74) is 6.37. The van der Waals surface area contributed by atoms with Gasteiger partial charge in [-0.05, 0) is 17.7 Å². The van der Waals surface area contributed by atoms with Gasteiger partial charge in [-0.25, -0.2) is 4.39 Å². The lowest BCUT2D eigenvalue weighted by atomic mass is 9.90. The van der Waals surface area contributed by atoms with Crippen molar-refractivity contribution >= 4 is 24.2 Å². The van der Waals surface area contributed by atoms with Gasteiger partial charge in [0.1, 0.15) is 10.7 Å². The standard InChI is InChI=1S/C12H11ClFNS/c13-12(8-4-2-1-3-5-8)7-9(14)10(15)6-11(12)16/h1-7,11,16H,15H2. The molecular weight excluding hydrogens is 245 g/mol. The van der Waals surface area contributed by atoms with E-state index in [9.17, 15) is 4.39 Å². The summed E-state index contributed by atoms with van der Waals surface area (Å²) in [6, 6.07) is 9.27. The van der Waals surface area contributed by atoms with E-state index in [1.807, 2.05) is 30.3 Å². The van der Waals surface area contributed by atoms with Crippen LogP contribution in [-0.4, -0.2) is 5.25 Å². The van der Waals surface area contributed by atoms with E-state index in [0.717, 1.165) is 5.56 Å². The number of alkyl halides is 1. The van der Waals surface area contributed by atoms with Crippen molar-refractivity contribution in [2.75, 3.05) is 0 Å². The minimum Gasteiger partial charge on any atom is -0.397 e. The molecule has 16 heavy (non-hydrogen) atoms. The van der Waals surface area contributed by atoms with Gasteiger partial charge >= 0.3 is 0 Å². The summed E-state index contributed by atoms with van der Waals surface area (Å²) >= 11 is 10.8. The molecule has 1 aromatic carbocycles. The molecule has 0 saturated heterocycles. The van der Waals surface area contributed by atoms with Crippen LogP contribution in [0.15, 0.2) is 54.0 Å². The number of benzene rings is 1. The van der Waals surface area contributed by atoms with Crippen molar-refractivity contribution in [3.63, 3.8) is 0 Å². The van der Waals surface area contributed by atoms with Crippen LogP contribution in [0, 0.1) is 0 Å². The van der Waals surface area contributed by atoms with Gasteiger partial charge in [-0.3, -0.25) is 0 Å². The summed E-state index contributed by atoms with van der Waals surface area (Å²) in [4.78, 5) is -0.975. The van der Waals surface area contributed by atoms with Crippen LogP contribution in [0.5, 0.6) is 0 Å². The van der Waals surface area contributed by atoms with E-state index >= 15 is 0 Å². The third-order valence-corrected chi connectivity index (χ3v) is 3.87. The molecule has 0 saturated carbocycles. The Balaban J connectivity index is 2.48. The molecule has 2 atom stereocenters. The molecule has 1 aromatic rings. The molecule has 0 spiro atoms. The Morgan fingerprint density at radius 2 is 1.94 bits per heavy atom. The molecule has 2 unspecified atom stereocenters. The van der Waals surface area contributed by atoms with Crippen molar-refractivity contribution in [2.45, 2.75) is 10.1 Å². The molecule has 84 valence electrons. The second-order valence-electron chi connectivity index (χ2n) is 3.69. The Bertz CT molecular complexity index is 457. The second-order valence-corrected chi connectivity index (χ2v) is 4.87. The van der Waals surface area contributed by atoms with Gasteiger partial charge in [0.15, 0.2) is 0 Å². The zero-order chi connectivity index (χ0) is 11.8. The van der Waals surface area contributed by atoms with E-state index in [1.165, 1.54) is 12.2 Å². The number of allylic oxidation sites excluding steroid dienone is 2. The fourth-order valence-electron chi connectivity index (χ4n) is 1.67. The summed E-state index contributed by atoms with van der Waals surface area (Å²) in [6.07, 6.45) is 2.84. The zero-order valence-electron chi connectivity index (χ0n) is 8.40. The van der Waals surface area contributed by atoms with E-state index in [2.05, 4.69) is 12.6 Å². The van der Waals surface area contributed by atoms with Gasteiger partial charge in [0, 0.05) is 5.25 Å². The lowest BCUT2D eigenvalue weighted by Crippen LogP contribution is -2.31. The predicted octanol–water partition coefficient (Wildman–Crippen LogP) is 3.13. The van der Waals surface area contributed by atoms with Gasteiger partial charge in [0.05, 0.1) is 5.70 Å². The molecule has 1 nitrogen and oxygen atoms in total. The monoisotopic (exact) mass is 255 g/mol. The highest BCUT2D eigenvalue weighted by Crippen LogP contribution is 2.42. The number of thiol groups is 1. The Hall–Kier alpha value is -0.930. The molecule has 0 fully saturated rings. The third-order valence-electron chi connectivity index (χ3n) is 2.60. The highest BCUT2D eigenvalue weighted by atomic mass is 35.5. The van der Waals surface area contributed by atoms with E-state index in [0.29, 0.717) is 0 Å². The summed E-state index contributed by atoms with van der Waals surface area (Å²) in [5, 5.41) is -0.351. The average Bonchev–Trinajstić information content (AvgIpc) is 2.28. The van der Waals surface area contributed by atoms with E-state index in [1.54, 1.807) is 0 Å². The van der Waals surface area contributed by atoms with Crippen molar-refractivity contribution in [2.24, 2.45) is 5.73 Å². The topological polar surface area (TPSA) is 26.0 Å². The first-order valence-corrected chi connectivity index (χ1v) is 5.72. The van der Waals surface area contributed by atoms with E-state index in [-0.39, 0.29) is 10.9 Å². The molecule has 0 amide bonds. The van der Waals surface area contributed by atoms with Crippen molar-refractivity contribution in [3.8, 4) is 0 Å². The first kappa shape index (κ1) is 11.6. The number of rotatable bonds is 1. The molecule has 0 aliphatic heterocycles. The predicted molar refractivity (Wildman–Crippen MR) is 68.2 cm³/mol. The lowest BCUT2D eigenvalue weighted by molar-refractivity contribution is 0.609. The highest BCUT2D eigenvalue weighted by Gasteiger charge is 2.37. The van der Waals surface area contributed by atoms with Crippen molar-refractivity contribution in [3.05, 3.63) is 59.6 Å². The number of hydrogen-bond donors (Lipinski definition) is 2. The summed E-state index contributed by atoms with van der Waals surface area (Å²) in [6.45, 7) is 0. The Morgan fingerprint density at radius 3 is 2.56 bits per heavy atom. The summed E-state index contributed by atoms with van der Waals surface area (Å²) < 4.78 is 13.5. The van der Waals surface area contributed by atoms with Crippen LogP contribution < -0.4 is 5.73 Å². The molecule has 0 bridgehead atoms. The zero-order valence-corrected chi connectivity index (χ0v) is 10.0. The normalized spacial score (nSPS) is 29.6. The Morgan fingerprint density at radius 1 is 1.31 bits per heavy atom. The van der Waals surface area contributed by atoms with E-state index in [4.69, 9.17) is 17.3 Å². The van der Waals surface area contributed by atoms with Gasteiger partial charge < -0.3 is 5.73 Å². The van der Waals surface area contributed by atoms with Gasteiger partial charge in [0.25, 0.3) is 0 Å². The molecular formula is C12H11ClFNS. The number of halogens is 2. The molecule has 0 aromatic heterocycles. The third kappa shape index (κ3) is 1.85. The fraction of sp³-hybridized carbons (Fsp3) is 0.167. The first-order chi connectivity index (χ1) is 7.54. The SMILES string of the molecule is NC1=CC(S)C(Cl)(c2ccccc2)C=C1F. The van der Waals surface area contributed by atoms with Crippen LogP contribution in [0.25, 0.3) is 0 Å². The molecule has 2 N–H and O–H groups in total. The van der Waals surface area contributed by atoms with Crippen LogP contribution in [0.2, 0.25) is 0 Å². The van der Waals surface area contributed by atoms with Crippen LogP contribution in [-0.2, 0) is 4.87 Å². The quantitative estimate of drug-likeness (QED) is 0.585. The van der Waals surface area contributed by atoms with Gasteiger partial charge in [-0.2, -0.15) is 12.6 Å². The van der Waals surface area contributed by atoms with Gasteiger partial charge in [-0.15, -0.1) is 11.6 Å². The molecule has 1 aliphatic rings. The molecule has 0 heterocycles. The lowest BCUT2D eigenvalue weighted by Gasteiger charge is -2.31. The van der Waals surface area contributed by atoms with Crippen molar-refractivity contribution in [1.82, 2.24) is 0 Å². The van der Waals surface area contributed by atoms with Crippen LogP contribution in [0.3, 0.4) is 0 Å². The average molecular weight is 256 g/mol. The fourth-order valence-corrected chi connectivity index (χ4v) is 2.34. The van der Waals surface area contributed by atoms with Gasteiger partial charge in [0.2, 0.25) is 0 Å². The molecule has 0 radical (unpaired) electrons. The van der Waals surface area contributed by atoms with E-state index < -0.39 is 10.7 Å². The van der Waals surface area contributed by atoms with Crippen LogP contribution in [0.1, 0.15) is 5.56 Å². The Kier molecular flexibility index (Phi) is 3.00. The van der Waals surface area contributed by atoms with Crippen molar-refractivity contribution < 1.29 is 4.39 Å². The molecule has 2 rings (SSSR count). The highest BCUT2D eigenvalue weighted by molar-refractivity contribution is 7.81. The minimum atomic E-state index is -0.975. The van der Waals surface area contributed by atoms with Gasteiger partial charge in [-0.1, -0.05) is 30.3 Å². The molecule has 1 aliphatic carbocycles. The maximum absolute atomic E-state index is 13.5. The summed E-state index contributed by atoms with van der Waals surface area (Å²) in [5.74, 6) is -0.496. The number of nitrogens with two attached hydrogens (primary N) is 1. The second kappa shape index (κ2) is 4.15. The first-order valence-electron chi connectivity index (χ1n) is 4.82. The minimum absolute atomic E-state index is 0.0900. The van der Waals surface area contributed by atoms with Crippen LogP contribution in [0.4, 0.5) is 4.39 Å². The summed E-state index contributed by atoms with van der Waals surface area (Å²) in [7, 11) is 0. The Labute approximate surface area is 104 Å². The maximum Gasteiger partial charge on any atom is 0.143 e. The molecule has 4 heteroatoms. The largest absolute Gasteiger partial charge is 0.397 e. The maximum atomic E-state index is 13.5. The number of hydrogen-bond acceptors (Lipinski definition) is 2. The van der Waals surface area contributed by atoms with Crippen LogP contribution >= 0.6 is 24.2 Å². The van der Waals surface area contributed by atoms with Crippen molar-refractivity contribution in [1.29, 1.82) is 0 Å². The smallest absolute Gasteiger partial charge is 0.143 e.